The fraction of sp³-hybridized carbons (Fsp3) is 0.265. The zero-order chi connectivity index (χ0) is 27.5. The molecule has 39 heavy (non-hydrogen) atoms. The third-order valence-electron chi connectivity index (χ3n) is 6.67. The fourth-order valence-electron chi connectivity index (χ4n) is 4.69. The normalized spacial score (nSPS) is 11.9. The number of rotatable bonds is 13. The summed E-state index contributed by atoms with van der Waals surface area (Å²) in [5.41, 5.74) is 8.58. The highest BCUT2D eigenvalue weighted by molar-refractivity contribution is 5.70. The van der Waals surface area contributed by atoms with Crippen LogP contribution in [0.4, 0.5) is 0 Å². The molecule has 0 aliphatic heterocycles. The number of benzene rings is 4. The molecular formula is C34H37NO4. The molecule has 4 aromatic rings. The summed E-state index contributed by atoms with van der Waals surface area (Å²) in [7, 11) is 4.04. The van der Waals surface area contributed by atoms with E-state index < -0.39 is 5.97 Å². The highest BCUT2D eigenvalue weighted by Gasteiger charge is 2.20. The minimum atomic E-state index is -0.442. The Morgan fingerprint density at radius 1 is 0.718 bits per heavy atom. The highest BCUT2D eigenvalue weighted by Crippen LogP contribution is 2.30. The van der Waals surface area contributed by atoms with E-state index in [1.165, 1.54) is 33.4 Å². The molecule has 202 valence electrons. The summed E-state index contributed by atoms with van der Waals surface area (Å²) in [5.74, 6) is -0.442. The van der Waals surface area contributed by atoms with Crippen molar-refractivity contribution in [2.45, 2.75) is 25.8 Å². The Morgan fingerprint density at radius 2 is 1.36 bits per heavy atom. The van der Waals surface area contributed by atoms with Crippen LogP contribution in [0.2, 0.25) is 0 Å². The molecule has 0 saturated heterocycles. The summed E-state index contributed by atoms with van der Waals surface area (Å²) in [6.07, 6.45) is 1.69. The Kier molecular flexibility index (Phi) is 10.4. The summed E-state index contributed by atoms with van der Waals surface area (Å²) >= 11 is 0. The minimum absolute atomic E-state index is 0.0654. The van der Waals surface area contributed by atoms with Crippen LogP contribution in [0.3, 0.4) is 0 Å². The second-order valence-electron chi connectivity index (χ2n) is 9.77. The zero-order valence-electron chi connectivity index (χ0n) is 23.0. The highest BCUT2D eigenvalue weighted by atomic mass is 17.2. The first kappa shape index (κ1) is 28.2. The predicted octanol–water partition coefficient (Wildman–Crippen LogP) is 6.65. The van der Waals surface area contributed by atoms with E-state index in [0.29, 0.717) is 6.61 Å². The Balaban J connectivity index is 1.60. The van der Waals surface area contributed by atoms with E-state index in [0.717, 1.165) is 18.4 Å². The van der Waals surface area contributed by atoms with Gasteiger partial charge >= 0.3 is 5.97 Å². The number of hydrogen-bond donors (Lipinski definition) is 0. The molecule has 0 fully saturated rings. The molecule has 0 heterocycles. The van der Waals surface area contributed by atoms with Crippen molar-refractivity contribution in [2.75, 3.05) is 33.9 Å². The van der Waals surface area contributed by atoms with Gasteiger partial charge < -0.3 is 9.64 Å². The average Bonchev–Trinajstić information content (AvgIpc) is 2.95. The van der Waals surface area contributed by atoms with Crippen LogP contribution in [0.15, 0.2) is 103 Å². The molecule has 0 amide bonds. The lowest BCUT2D eigenvalue weighted by Gasteiger charge is -2.27. The third-order valence-corrected chi connectivity index (χ3v) is 6.67. The Labute approximate surface area is 231 Å². The van der Waals surface area contributed by atoms with Gasteiger partial charge in [-0.25, -0.2) is 14.6 Å². The van der Waals surface area contributed by atoms with E-state index in [4.69, 9.17) is 14.5 Å². The van der Waals surface area contributed by atoms with Crippen LogP contribution in [0.1, 0.15) is 40.8 Å². The van der Waals surface area contributed by atoms with Gasteiger partial charge in [0.05, 0.1) is 12.6 Å². The number of carbonyl (C=O) groups excluding carboxylic acids is 1. The van der Waals surface area contributed by atoms with Crippen molar-refractivity contribution in [1.82, 2.24) is 4.90 Å². The maximum absolute atomic E-state index is 11.6. The molecule has 0 aliphatic carbocycles. The van der Waals surface area contributed by atoms with Crippen molar-refractivity contribution in [3.8, 4) is 11.1 Å². The van der Waals surface area contributed by atoms with Gasteiger partial charge in [-0.3, -0.25) is 0 Å². The topological polar surface area (TPSA) is 48.0 Å². The molecule has 0 N–H and O–H groups in total. The van der Waals surface area contributed by atoms with Gasteiger partial charge in [0, 0.05) is 0 Å². The first-order valence-electron chi connectivity index (χ1n) is 13.4. The fourth-order valence-corrected chi connectivity index (χ4v) is 4.69. The van der Waals surface area contributed by atoms with Crippen LogP contribution in [-0.2, 0) is 32.1 Å². The molecule has 0 radical (unpaired) electrons. The summed E-state index contributed by atoms with van der Waals surface area (Å²) in [5, 5.41) is 0. The molecule has 4 rings (SSSR count). The lowest BCUT2D eigenvalue weighted by Crippen LogP contribution is -2.26. The maximum atomic E-state index is 11.6. The van der Waals surface area contributed by atoms with Crippen LogP contribution in [0.25, 0.3) is 11.1 Å². The van der Waals surface area contributed by atoms with Crippen molar-refractivity contribution in [2.24, 2.45) is 0 Å². The van der Waals surface area contributed by atoms with Crippen LogP contribution in [0, 0.1) is 0 Å². The molecule has 0 aliphatic rings. The van der Waals surface area contributed by atoms with Gasteiger partial charge in [0.15, 0.2) is 6.61 Å². The molecule has 0 spiro atoms. The average molecular weight is 524 g/mol. The number of carbonyl (C=O) groups is 1. The van der Waals surface area contributed by atoms with Crippen LogP contribution in [-0.4, -0.2) is 44.8 Å². The van der Waals surface area contributed by atoms with Gasteiger partial charge in [-0.2, -0.15) is 0 Å². The summed E-state index contributed by atoms with van der Waals surface area (Å²) in [6.45, 7) is 2.12. The summed E-state index contributed by atoms with van der Waals surface area (Å²) < 4.78 is 4.91. The van der Waals surface area contributed by atoms with E-state index >= 15 is 0 Å². The number of ether oxygens (including phenoxy) is 1. The largest absolute Gasteiger partial charge is 0.464 e. The van der Waals surface area contributed by atoms with E-state index in [9.17, 15) is 4.79 Å². The lowest BCUT2D eigenvalue weighted by molar-refractivity contribution is -0.299. The first-order valence-corrected chi connectivity index (χ1v) is 13.4. The standard InChI is InChI=1S/C34H37NO4/c1-4-37-34(36)25-39-38-24-33(35(2)3)32-19-18-30(23-31(32)21-27-14-9-6-10-15-27)29-17-11-16-28(22-29)20-26-12-7-5-8-13-26/h5-19,22-23,33H,4,20-21,24-25H2,1-3H3. The van der Waals surface area contributed by atoms with Crippen molar-refractivity contribution in [3.63, 3.8) is 0 Å². The predicted molar refractivity (Wildman–Crippen MR) is 155 cm³/mol. The van der Waals surface area contributed by atoms with E-state index in [1.54, 1.807) is 6.92 Å². The SMILES string of the molecule is CCOC(=O)COOCC(c1ccc(-c2cccc(Cc3ccccc3)c2)cc1Cc1ccccc1)N(C)C. The maximum Gasteiger partial charge on any atom is 0.335 e. The Bertz CT molecular complexity index is 1320. The Morgan fingerprint density at radius 3 is 2.03 bits per heavy atom. The molecule has 0 bridgehead atoms. The van der Waals surface area contributed by atoms with Gasteiger partial charge in [-0.1, -0.05) is 103 Å². The molecule has 0 aromatic heterocycles. The van der Waals surface area contributed by atoms with Gasteiger partial charge in [0.1, 0.15) is 6.61 Å². The second-order valence-corrected chi connectivity index (χ2v) is 9.77. The zero-order valence-corrected chi connectivity index (χ0v) is 23.0. The van der Waals surface area contributed by atoms with E-state index in [1.807, 2.05) is 26.2 Å². The van der Waals surface area contributed by atoms with Crippen LogP contribution in [0.5, 0.6) is 0 Å². The number of likely N-dealkylation sites (N-methyl/N-ethyl adjacent to an activating group) is 1. The Hall–Kier alpha value is -3.77. The van der Waals surface area contributed by atoms with Gasteiger partial charge in [-0.15, -0.1) is 0 Å². The summed E-state index contributed by atoms with van der Waals surface area (Å²) in [4.78, 5) is 24.4. The smallest absolute Gasteiger partial charge is 0.335 e. The first-order chi connectivity index (χ1) is 19.0. The molecule has 1 atom stereocenters. The van der Waals surface area contributed by atoms with Gasteiger partial charge in [0.2, 0.25) is 0 Å². The van der Waals surface area contributed by atoms with Crippen molar-refractivity contribution >= 4 is 5.97 Å². The van der Waals surface area contributed by atoms with Gasteiger partial charge in [-0.05, 0) is 72.8 Å². The van der Waals surface area contributed by atoms with Gasteiger partial charge in [0.25, 0.3) is 0 Å². The lowest BCUT2D eigenvalue weighted by atomic mass is 9.90. The van der Waals surface area contributed by atoms with E-state index in [2.05, 4.69) is 95.9 Å². The minimum Gasteiger partial charge on any atom is -0.464 e. The van der Waals surface area contributed by atoms with E-state index in [-0.39, 0.29) is 19.3 Å². The summed E-state index contributed by atoms with van der Waals surface area (Å²) in [6, 6.07) is 36.4. The number of nitrogens with zero attached hydrogens (tertiary/aromatic N) is 1. The van der Waals surface area contributed by atoms with Crippen molar-refractivity contribution in [1.29, 1.82) is 0 Å². The molecule has 5 nitrogen and oxygen atoms in total. The molecule has 5 heteroatoms. The van der Waals surface area contributed by atoms with Crippen LogP contribution < -0.4 is 0 Å². The number of hydrogen-bond acceptors (Lipinski definition) is 5. The quantitative estimate of drug-likeness (QED) is 0.0850. The molecule has 4 aromatic carbocycles. The monoisotopic (exact) mass is 523 g/mol. The van der Waals surface area contributed by atoms with Crippen molar-refractivity contribution < 1.29 is 19.3 Å². The molecule has 1 unspecified atom stereocenters. The second kappa shape index (κ2) is 14.4. The third kappa shape index (κ3) is 8.36. The van der Waals surface area contributed by atoms with Crippen molar-refractivity contribution in [3.05, 3.63) is 131 Å². The molecular weight excluding hydrogens is 486 g/mol. The molecule has 0 saturated carbocycles. The van der Waals surface area contributed by atoms with Crippen LogP contribution >= 0.6 is 0 Å². The number of esters is 1.